The van der Waals surface area contributed by atoms with Crippen LogP contribution in [0.5, 0.6) is 11.5 Å². The molecule has 0 bridgehead atoms. The zero-order valence-electron chi connectivity index (χ0n) is 23.5. The molecule has 2 heterocycles. The Balaban J connectivity index is 1.61. The Labute approximate surface area is 237 Å². The number of aliphatic hydroxyl groups excluding tert-OH is 1. The van der Waals surface area contributed by atoms with E-state index in [2.05, 4.69) is 15.3 Å². The number of benzene rings is 2. The summed E-state index contributed by atoms with van der Waals surface area (Å²) in [5.41, 5.74) is 5.70. The van der Waals surface area contributed by atoms with Crippen LogP contribution in [0.3, 0.4) is 0 Å². The van der Waals surface area contributed by atoms with Gasteiger partial charge in [-0.05, 0) is 36.4 Å². The number of aromatic nitrogens is 4. The summed E-state index contributed by atoms with van der Waals surface area (Å²) in [6, 6.07) is 18.3. The number of hydrogen-bond donors (Lipinski definition) is 3. The van der Waals surface area contributed by atoms with Crippen molar-refractivity contribution in [1.82, 2.24) is 24.4 Å². The number of nitrogens with one attached hydrogen (secondary N) is 1. The second-order valence-electron chi connectivity index (χ2n) is 11.2. The van der Waals surface area contributed by atoms with E-state index < -0.39 is 16.7 Å². The quantitative estimate of drug-likeness (QED) is 0.198. The summed E-state index contributed by atoms with van der Waals surface area (Å²) in [4.78, 5) is 35.0. The van der Waals surface area contributed by atoms with Gasteiger partial charge in [0.15, 0.2) is 11.5 Å². The third kappa shape index (κ3) is 6.62. The standard InChI is InChI=1S/C30H33N7O4/c1-29(2,18-38)14-20(15-31)27(39)33-16-30(3,4)17-36-26-24(25(32)34-19-35-26)37(28(36)40)21-10-12-23(13-11-21)41-22-8-6-5-7-9-22/h5-14,19,38H,16-18H2,1-4H3,(H,33,39)(H2,32,34,35)/b20-14+. The zero-order chi connectivity index (χ0) is 29.8. The molecule has 41 heavy (non-hydrogen) atoms. The highest BCUT2D eigenvalue weighted by Gasteiger charge is 2.27. The minimum absolute atomic E-state index is 0.0891. The normalized spacial score (nSPS) is 12.2. The molecule has 0 aliphatic heterocycles. The van der Waals surface area contributed by atoms with Crippen molar-refractivity contribution >= 4 is 22.9 Å². The number of nitrogen functional groups attached to an aromatic ring is 1. The summed E-state index contributed by atoms with van der Waals surface area (Å²) >= 11 is 0. The SMILES string of the molecule is CC(C)(/C=C(\C#N)C(=O)NCC(C)(C)Cn1c(=O)n(-c2ccc(Oc3ccccc3)cc2)c2c(N)ncnc21)CO. The summed E-state index contributed by atoms with van der Waals surface area (Å²) in [7, 11) is 0. The number of carbonyl (C=O) groups is 1. The minimum atomic E-state index is -0.724. The molecular weight excluding hydrogens is 522 g/mol. The lowest BCUT2D eigenvalue weighted by Gasteiger charge is -2.25. The Hall–Kier alpha value is -4.95. The van der Waals surface area contributed by atoms with Crippen LogP contribution < -0.4 is 21.5 Å². The molecule has 2 aromatic heterocycles. The summed E-state index contributed by atoms with van der Waals surface area (Å²) < 4.78 is 8.83. The molecule has 1 amide bonds. The van der Waals surface area contributed by atoms with Crippen LogP contribution in [0, 0.1) is 22.2 Å². The van der Waals surface area contributed by atoms with Crippen LogP contribution in [-0.2, 0) is 11.3 Å². The number of fused-ring (bicyclic) bond motifs is 1. The van der Waals surface area contributed by atoms with Gasteiger partial charge in [0.2, 0.25) is 0 Å². The van der Waals surface area contributed by atoms with E-state index in [1.807, 2.05) is 50.2 Å². The van der Waals surface area contributed by atoms with Crippen molar-refractivity contribution in [3.63, 3.8) is 0 Å². The number of anilines is 1. The largest absolute Gasteiger partial charge is 0.457 e. The Morgan fingerprint density at radius 2 is 1.76 bits per heavy atom. The molecule has 11 nitrogen and oxygen atoms in total. The Morgan fingerprint density at radius 1 is 1.10 bits per heavy atom. The number of nitriles is 1. The Kier molecular flexibility index (Phi) is 8.26. The summed E-state index contributed by atoms with van der Waals surface area (Å²) in [6.07, 6.45) is 2.75. The highest BCUT2D eigenvalue weighted by molar-refractivity contribution is 5.97. The summed E-state index contributed by atoms with van der Waals surface area (Å²) in [6.45, 7) is 7.36. The van der Waals surface area contributed by atoms with E-state index in [-0.39, 0.29) is 36.8 Å². The molecule has 4 aromatic rings. The van der Waals surface area contributed by atoms with Crippen molar-refractivity contribution in [3.05, 3.63) is 83.1 Å². The van der Waals surface area contributed by atoms with Gasteiger partial charge in [-0.15, -0.1) is 0 Å². The topological polar surface area (TPSA) is 161 Å². The number of imidazole rings is 1. The maximum atomic E-state index is 13.8. The van der Waals surface area contributed by atoms with E-state index in [0.717, 1.165) is 0 Å². The maximum Gasteiger partial charge on any atom is 0.335 e. The first-order chi connectivity index (χ1) is 19.4. The lowest BCUT2D eigenvalue weighted by Crippen LogP contribution is -2.39. The average Bonchev–Trinajstić information content (AvgIpc) is 3.23. The van der Waals surface area contributed by atoms with Gasteiger partial charge in [-0.2, -0.15) is 5.26 Å². The fourth-order valence-electron chi connectivity index (χ4n) is 4.26. The molecule has 0 saturated heterocycles. The highest BCUT2D eigenvalue weighted by Crippen LogP contribution is 2.27. The van der Waals surface area contributed by atoms with Gasteiger partial charge in [-0.3, -0.25) is 13.9 Å². The first-order valence-corrected chi connectivity index (χ1v) is 13.0. The lowest BCUT2D eigenvalue weighted by molar-refractivity contribution is -0.117. The second kappa shape index (κ2) is 11.7. The van der Waals surface area contributed by atoms with Gasteiger partial charge in [0, 0.05) is 23.9 Å². The second-order valence-corrected chi connectivity index (χ2v) is 11.2. The number of para-hydroxylation sites is 1. The molecule has 2 aromatic carbocycles. The molecule has 0 radical (unpaired) electrons. The van der Waals surface area contributed by atoms with Gasteiger partial charge in [-0.1, -0.05) is 52.0 Å². The van der Waals surface area contributed by atoms with Crippen LogP contribution in [0.25, 0.3) is 16.9 Å². The molecule has 0 fully saturated rings. The van der Waals surface area contributed by atoms with Gasteiger partial charge >= 0.3 is 5.69 Å². The summed E-state index contributed by atoms with van der Waals surface area (Å²) in [5, 5.41) is 21.7. The Morgan fingerprint density at radius 3 is 2.39 bits per heavy atom. The molecule has 0 aliphatic carbocycles. The van der Waals surface area contributed by atoms with Crippen molar-refractivity contribution < 1.29 is 14.6 Å². The Bertz CT molecular complexity index is 1680. The van der Waals surface area contributed by atoms with E-state index in [0.29, 0.717) is 28.4 Å². The predicted molar refractivity (Wildman–Crippen MR) is 155 cm³/mol. The molecule has 0 spiro atoms. The van der Waals surface area contributed by atoms with Crippen LogP contribution in [0.4, 0.5) is 5.82 Å². The fraction of sp³-hybridized carbons (Fsp3) is 0.300. The molecular formula is C30H33N7O4. The third-order valence-corrected chi connectivity index (χ3v) is 6.43. The monoisotopic (exact) mass is 555 g/mol. The number of nitrogens with zero attached hydrogens (tertiary/aromatic N) is 5. The molecule has 11 heteroatoms. The number of hydrogen-bond acceptors (Lipinski definition) is 8. The van der Waals surface area contributed by atoms with Crippen molar-refractivity contribution in [2.45, 2.75) is 34.2 Å². The minimum Gasteiger partial charge on any atom is -0.457 e. The van der Waals surface area contributed by atoms with Crippen LogP contribution >= 0.6 is 0 Å². The highest BCUT2D eigenvalue weighted by atomic mass is 16.5. The van der Waals surface area contributed by atoms with E-state index in [9.17, 15) is 20.0 Å². The van der Waals surface area contributed by atoms with Crippen LogP contribution in [0.15, 0.2) is 77.4 Å². The van der Waals surface area contributed by atoms with Gasteiger partial charge in [0.25, 0.3) is 5.91 Å². The third-order valence-electron chi connectivity index (χ3n) is 6.43. The van der Waals surface area contributed by atoms with Crippen molar-refractivity contribution in [3.8, 4) is 23.3 Å². The first-order valence-electron chi connectivity index (χ1n) is 13.0. The van der Waals surface area contributed by atoms with Gasteiger partial charge < -0.3 is 20.9 Å². The van der Waals surface area contributed by atoms with Gasteiger partial charge in [-0.25, -0.2) is 14.8 Å². The molecule has 0 saturated carbocycles. The van der Waals surface area contributed by atoms with E-state index in [1.165, 1.54) is 21.5 Å². The predicted octanol–water partition coefficient (Wildman–Crippen LogP) is 3.57. The molecule has 212 valence electrons. The van der Waals surface area contributed by atoms with E-state index in [1.54, 1.807) is 38.1 Å². The molecule has 0 atom stereocenters. The fourth-order valence-corrected chi connectivity index (χ4v) is 4.26. The van der Waals surface area contributed by atoms with Crippen LogP contribution in [0.2, 0.25) is 0 Å². The number of aliphatic hydroxyl groups is 1. The van der Waals surface area contributed by atoms with Crippen molar-refractivity contribution in [2.24, 2.45) is 10.8 Å². The van der Waals surface area contributed by atoms with Crippen molar-refractivity contribution in [1.29, 1.82) is 5.26 Å². The van der Waals surface area contributed by atoms with Crippen molar-refractivity contribution in [2.75, 3.05) is 18.9 Å². The molecule has 4 N–H and O–H groups in total. The first kappa shape index (κ1) is 29.0. The maximum absolute atomic E-state index is 13.8. The molecule has 4 rings (SSSR count). The molecule has 0 aliphatic rings. The van der Waals surface area contributed by atoms with Crippen LogP contribution in [0.1, 0.15) is 27.7 Å². The number of ether oxygens (including phenoxy) is 1. The number of nitrogens with two attached hydrogens (primary N) is 1. The van der Waals surface area contributed by atoms with Crippen LogP contribution in [-0.4, -0.2) is 43.3 Å². The molecule has 0 unspecified atom stereocenters. The van der Waals surface area contributed by atoms with Gasteiger partial charge in [0.05, 0.1) is 12.3 Å². The smallest absolute Gasteiger partial charge is 0.335 e. The number of carbonyl (C=O) groups excluding carboxylic acids is 1. The van der Waals surface area contributed by atoms with E-state index in [4.69, 9.17) is 10.5 Å². The average molecular weight is 556 g/mol. The number of amides is 1. The van der Waals surface area contributed by atoms with Gasteiger partial charge in [0.1, 0.15) is 35.0 Å². The zero-order valence-corrected chi connectivity index (χ0v) is 23.5. The number of rotatable bonds is 10. The van der Waals surface area contributed by atoms with E-state index >= 15 is 0 Å². The lowest BCUT2D eigenvalue weighted by atomic mass is 9.91. The summed E-state index contributed by atoms with van der Waals surface area (Å²) in [5.74, 6) is 0.889.